The number of carbonyl (C=O) groups is 2. The Bertz CT molecular complexity index is 750. The maximum Gasteiger partial charge on any atom is 0.234 e. The second kappa shape index (κ2) is 9.82. The molecule has 28 heavy (non-hydrogen) atoms. The molecule has 0 aliphatic rings. The SMILES string of the molecule is CCc1cc(CC)c(C(=O)C(=O)c2c(CC)cc(CC)cc2CC)c(CC)c1. The Balaban J connectivity index is 2.65. The van der Waals surface area contributed by atoms with Crippen molar-refractivity contribution in [2.75, 3.05) is 0 Å². The highest BCUT2D eigenvalue weighted by Gasteiger charge is 2.27. The van der Waals surface area contributed by atoms with Crippen molar-refractivity contribution in [3.05, 3.63) is 68.8 Å². The fourth-order valence-electron chi connectivity index (χ4n) is 4.01. The van der Waals surface area contributed by atoms with Crippen LogP contribution in [0.15, 0.2) is 24.3 Å². The molecular weight excluding hydrogens is 344 g/mol. The first-order chi connectivity index (χ1) is 13.4. The first-order valence-corrected chi connectivity index (χ1v) is 10.8. The molecular formula is C26H34O2. The molecule has 0 aliphatic carbocycles. The highest BCUT2D eigenvalue weighted by Crippen LogP contribution is 2.26. The summed E-state index contributed by atoms with van der Waals surface area (Å²) >= 11 is 0. The average Bonchev–Trinajstić information content (AvgIpc) is 2.75. The predicted molar refractivity (Wildman–Crippen MR) is 118 cm³/mol. The minimum Gasteiger partial charge on any atom is -0.285 e. The Kier molecular flexibility index (Phi) is 7.74. The lowest BCUT2D eigenvalue weighted by atomic mass is 9.85. The van der Waals surface area contributed by atoms with Gasteiger partial charge in [0.05, 0.1) is 0 Å². The van der Waals surface area contributed by atoms with Gasteiger partial charge in [-0.2, -0.15) is 0 Å². The number of rotatable bonds is 9. The normalized spacial score (nSPS) is 10.9. The summed E-state index contributed by atoms with van der Waals surface area (Å²) in [5.41, 5.74) is 7.71. The Morgan fingerprint density at radius 2 is 0.750 bits per heavy atom. The topological polar surface area (TPSA) is 34.1 Å². The van der Waals surface area contributed by atoms with Crippen molar-refractivity contribution < 1.29 is 9.59 Å². The molecule has 0 amide bonds. The zero-order valence-corrected chi connectivity index (χ0v) is 18.4. The first-order valence-electron chi connectivity index (χ1n) is 10.8. The van der Waals surface area contributed by atoms with Gasteiger partial charge >= 0.3 is 0 Å². The van der Waals surface area contributed by atoms with Gasteiger partial charge in [-0.3, -0.25) is 9.59 Å². The molecule has 2 aromatic rings. The van der Waals surface area contributed by atoms with E-state index in [0.717, 1.165) is 60.8 Å². The van der Waals surface area contributed by atoms with E-state index in [4.69, 9.17) is 0 Å². The molecule has 0 spiro atoms. The molecule has 2 aromatic carbocycles. The summed E-state index contributed by atoms with van der Waals surface area (Å²) in [6, 6.07) is 8.39. The van der Waals surface area contributed by atoms with Gasteiger partial charge in [0.2, 0.25) is 11.6 Å². The van der Waals surface area contributed by atoms with Gasteiger partial charge in [0.25, 0.3) is 0 Å². The predicted octanol–water partition coefficient (Wildman–Crippen LogP) is 6.13. The zero-order valence-electron chi connectivity index (χ0n) is 18.4. The molecule has 0 aromatic heterocycles. The van der Waals surface area contributed by atoms with E-state index in [-0.39, 0.29) is 11.6 Å². The van der Waals surface area contributed by atoms with Gasteiger partial charge in [0.1, 0.15) is 0 Å². The molecule has 2 heteroatoms. The van der Waals surface area contributed by atoms with Gasteiger partial charge in [-0.05, 0) is 71.9 Å². The van der Waals surface area contributed by atoms with Gasteiger partial charge in [-0.1, -0.05) is 65.8 Å². The van der Waals surface area contributed by atoms with Crippen molar-refractivity contribution in [1.82, 2.24) is 0 Å². The molecule has 0 atom stereocenters. The van der Waals surface area contributed by atoms with E-state index in [9.17, 15) is 9.59 Å². The monoisotopic (exact) mass is 378 g/mol. The Morgan fingerprint density at radius 1 is 0.500 bits per heavy atom. The van der Waals surface area contributed by atoms with Crippen LogP contribution >= 0.6 is 0 Å². The fourth-order valence-corrected chi connectivity index (χ4v) is 4.01. The van der Waals surface area contributed by atoms with Crippen LogP contribution in [-0.2, 0) is 38.5 Å². The second-order valence-electron chi connectivity index (χ2n) is 7.36. The van der Waals surface area contributed by atoms with E-state index in [1.165, 1.54) is 11.1 Å². The average molecular weight is 379 g/mol. The molecule has 0 heterocycles. The summed E-state index contributed by atoms with van der Waals surface area (Å²) in [4.78, 5) is 26.9. The fraction of sp³-hybridized carbons (Fsp3) is 0.462. The molecule has 0 fully saturated rings. The third kappa shape index (κ3) is 4.27. The standard InChI is InChI=1S/C26H34O2/c1-7-17-13-19(9-3)23(20(10-4)14-17)25(27)26(28)24-21(11-5)15-18(8-2)16-22(24)12-6/h13-16H,7-12H2,1-6H3. The number of aryl methyl sites for hydroxylation is 6. The largest absolute Gasteiger partial charge is 0.285 e. The third-order valence-corrected chi connectivity index (χ3v) is 5.72. The van der Waals surface area contributed by atoms with Crippen LogP contribution in [0.25, 0.3) is 0 Å². The quantitative estimate of drug-likeness (QED) is 0.389. The molecule has 0 saturated heterocycles. The third-order valence-electron chi connectivity index (χ3n) is 5.72. The number of ketones is 2. The molecule has 0 aliphatic heterocycles. The summed E-state index contributed by atoms with van der Waals surface area (Å²) in [7, 11) is 0. The molecule has 0 N–H and O–H groups in total. The van der Waals surface area contributed by atoms with E-state index >= 15 is 0 Å². The lowest BCUT2D eigenvalue weighted by molar-refractivity contribution is 0.0814. The van der Waals surface area contributed by atoms with Gasteiger partial charge in [0, 0.05) is 11.1 Å². The lowest BCUT2D eigenvalue weighted by Crippen LogP contribution is -2.22. The number of hydrogen-bond acceptors (Lipinski definition) is 2. The maximum atomic E-state index is 13.4. The van der Waals surface area contributed by atoms with E-state index < -0.39 is 0 Å². The number of hydrogen-bond donors (Lipinski definition) is 0. The van der Waals surface area contributed by atoms with Crippen LogP contribution in [0.1, 0.15) is 95.6 Å². The molecule has 0 unspecified atom stereocenters. The smallest absolute Gasteiger partial charge is 0.234 e. The summed E-state index contributed by atoms with van der Waals surface area (Å²) in [5.74, 6) is -0.685. The van der Waals surface area contributed by atoms with Crippen LogP contribution in [0, 0.1) is 0 Å². The van der Waals surface area contributed by atoms with Crippen molar-refractivity contribution in [3.63, 3.8) is 0 Å². The molecule has 150 valence electrons. The lowest BCUT2D eigenvalue weighted by Gasteiger charge is -2.17. The van der Waals surface area contributed by atoms with Crippen molar-refractivity contribution in [2.45, 2.75) is 80.1 Å². The number of carbonyl (C=O) groups excluding carboxylic acids is 2. The Labute approximate surface area is 170 Å². The van der Waals surface area contributed by atoms with E-state index in [2.05, 4.69) is 65.8 Å². The molecule has 2 nitrogen and oxygen atoms in total. The molecule has 0 radical (unpaired) electrons. The summed E-state index contributed by atoms with van der Waals surface area (Å²) in [5, 5.41) is 0. The van der Waals surface area contributed by atoms with Crippen molar-refractivity contribution in [2.24, 2.45) is 0 Å². The first kappa shape index (κ1) is 22.1. The van der Waals surface area contributed by atoms with Gasteiger partial charge in [0.15, 0.2) is 0 Å². The van der Waals surface area contributed by atoms with E-state index in [0.29, 0.717) is 11.1 Å². The summed E-state index contributed by atoms with van der Waals surface area (Å²) in [6.07, 6.45) is 4.88. The molecule has 2 rings (SSSR count). The van der Waals surface area contributed by atoms with Crippen LogP contribution in [0.3, 0.4) is 0 Å². The minimum atomic E-state index is -0.343. The Hall–Kier alpha value is -2.22. The van der Waals surface area contributed by atoms with Crippen LogP contribution in [0.4, 0.5) is 0 Å². The number of benzene rings is 2. The van der Waals surface area contributed by atoms with Crippen molar-refractivity contribution >= 4 is 11.6 Å². The second-order valence-corrected chi connectivity index (χ2v) is 7.36. The maximum absolute atomic E-state index is 13.4. The zero-order chi connectivity index (χ0) is 20.8. The van der Waals surface area contributed by atoms with Gasteiger partial charge in [-0.25, -0.2) is 0 Å². The summed E-state index contributed by atoms with van der Waals surface area (Å²) < 4.78 is 0. The van der Waals surface area contributed by atoms with Gasteiger partial charge in [-0.15, -0.1) is 0 Å². The van der Waals surface area contributed by atoms with Crippen LogP contribution in [-0.4, -0.2) is 11.6 Å². The highest BCUT2D eigenvalue weighted by molar-refractivity contribution is 6.50. The minimum absolute atomic E-state index is 0.343. The Morgan fingerprint density at radius 3 is 0.929 bits per heavy atom. The molecule has 0 bridgehead atoms. The van der Waals surface area contributed by atoms with Crippen molar-refractivity contribution in [3.8, 4) is 0 Å². The van der Waals surface area contributed by atoms with E-state index in [1.54, 1.807) is 0 Å². The summed E-state index contributed by atoms with van der Waals surface area (Å²) in [6.45, 7) is 12.5. The van der Waals surface area contributed by atoms with Gasteiger partial charge < -0.3 is 0 Å². The molecule has 0 saturated carbocycles. The van der Waals surface area contributed by atoms with E-state index in [1.807, 2.05) is 0 Å². The van der Waals surface area contributed by atoms with Crippen LogP contribution < -0.4 is 0 Å². The van der Waals surface area contributed by atoms with Crippen LogP contribution in [0.5, 0.6) is 0 Å². The van der Waals surface area contributed by atoms with Crippen molar-refractivity contribution in [1.29, 1.82) is 0 Å². The number of Topliss-reactive ketones (excluding diaryl/α,β-unsaturated/α-hetero) is 2. The van der Waals surface area contributed by atoms with Crippen LogP contribution in [0.2, 0.25) is 0 Å². The highest BCUT2D eigenvalue weighted by atomic mass is 16.2.